The number of aromatic hydroxyl groups is 2. The molecule has 0 aliphatic heterocycles. The third kappa shape index (κ3) is 1.96. The highest BCUT2D eigenvalue weighted by Crippen LogP contribution is 2.28. The Hall–Kier alpha value is -1.71. The molecule has 0 aliphatic carbocycles. The summed E-state index contributed by atoms with van der Waals surface area (Å²) < 4.78 is 0. The van der Waals surface area contributed by atoms with E-state index in [1.54, 1.807) is 20.0 Å². The first kappa shape index (κ1) is 10.4. The van der Waals surface area contributed by atoms with Crippen molar-refractivity contribution < 1.29 is 15.0 Å². The summed E-state index contributed by atoms with van der Waals surface area (Å²) in [6.45, 7) is 1.73. The fourth-order valence-electron chi connectivity index (χ4n) is 1.18. The summed E-state index contributed by atoms with van der Waals surface area (Å²) in [5.41, 5.74) is 0.666. The summed E-state index contributed by atoms with van der Waals surface area (Å²) in [5.74, 6) is -0.863. The summed E-state index contributed by atoms with van der Waals surface area (Å²) in [6, 6.07) is 4.36. The second-order valence-electron chi connectivity index (χ2n) is 3.08. The molecule has 0 aliphatic rings. The van der Waals surface area contributed by atoms with Crippen LogP contribution in [0.25, 0.3) is 0 Å². The molecule has 1 amide bonds. The second kappa shape index (κ2) is 4.00. The Labute approximate surface area is 82.2 Å². The van der Waals surface area contributed by atoms with E-state index in [1.807, 2.05) is 0 Å². The molecule has 0 bridgehead atoms. The lowest BCUT2D eigenvalue weighted by Crippen LogP contribution is -2.23. The van der Waals surface area contributed by atoms with Gasteiger partial charge in [0, 0.05) is 7.05 Å². The number of hydrogen-bond donors (Lipinski definition) is 3. The van der Waals surface area contributed by atoms with E-state index in [9.17, 15) is 9.90 Å². The second-order valence-corrected chi connectivity index (χ2v) is 3.08. The number of likely N-dealkylation sites (N-methyl/N-ethyl adjacent to an activating group) is 1. The minimum atomic E-state index is -0.341. The van der Waals surface area contributed by atoms with E-state index in [-0.39, 0.29) is 23.3 Å². The first-order valence-electron chi connectivity index (χ1n) is 4.29. The van der Waals surface area contributed by atoms with E-state index in [0.717, 1.165) is 0 Å². The van der Waals surface area contributed by atoms with Crippen LogP contribution in [0.2, 0.25) is 0 Å². The lowest BCUT2D eigenvalue weighted by atomic mass is 10.00. The molecule has 0 aromatic heterocycles. The Morgan fingerprint density at radius 2 is 2.00 bits per heavy atom. The van der Waals surface area contributed by atoms with Gasteiger partial charge in [0.1, 0.15) is 0 Å². The Morgan fingerprint density at radius 1 is 1.36 bits per heavy atom. The van der Waals surface area contributed by atoms with Crippen molar-refractivity contribution in [3.63, 3.8) is 0 Å². The van der Waals surface area contributed by atoms with Gasteiger partial charge in [-0.2, -0.15) is 0 Å². The molecule has 0 saturated heterocycles. The third-order valence-electron chi connectivity index (χ3n) is 2.14. The highest BCUT2D eigenvalue weighted by atomic mass is 16.3. The summed E-state index contributed by atoms with van der Waals surface area (Å²) in [6.07, 6.45) is 0. The number of phenolic OH excluding ortho intramolecular Hbond substituents is 2. The van der Waals surface area contributed by atoms with E-state index >= 15 is 0 Å². The fraction of sp³-hybridized carbons (Fsp3) is 0.300. The van der Waals surface area contributed by atoms with Crippen molar-refractivity contribution in [3.8, 4) is 11.5 Å². The Kier molecular flexibility index (Phi) is 2.96. The first-order chi connectivity index (χ1) is 6.56. The number of hydrogen-bond acceptors (Lipinski definition) is 3. The molecule has 1 aromatic rings. The molecule has 4 heteroatoms. The molecule has 14 heavy (non-hydrogen) atoms. The van der Waals surface area contributed by atoms with Gasteiger partial charge in [-0.05, 0) is 24.6 Å². The summed E-state index contributed by atoms with van der Waals surface area (Å²) in [7, 11) is 1.55. The maximum Gasteiger partial charge on any atom is 0.227 e. The molecular weight excluding hydrogens is 182 g/mol. The number of nitrogens with one attached hydrogen (secondary N) is 1. The van der Waals surface area contributed by atoms with Crippen molar-refractivity contribution >= 4 is 5.91 Å². The SMILES string of the molecule is CNC(=O)C(C)c1ccc(O)c(O)c1. The first-order valence-corrected chi connectivity index (χ1v) is 4.29. The lowest BCUT2D eigenvalue weighted by molar-refractivity contribution is -0.121. The molecule has 4 nitrogen and oxygen atoms in total. The zero-order chi connectivity index (χ0) is 10.7. The summed E-state index contributed by atoms with van der Waals surface area (Å²) >= 11 is 0. The van der Waals surface area contributed by atoms with Crippen LogP contribution >= 0.6 is 0 Å². The Bertz CT molecular complexity index is 349. The van der Waals surface area contributed by atoms with Crippen LogP contribution in [0.3, 0.4) is 0 Å². The van der Waals surface area contributed by atoms with Crippen LogP contribution in [0.5, 0.6) is 11.5 Å². The number of benzene rings is 1. The molecule has 1 atom stereocenters. The van der Waals surface area contributed by atoms with Crippen molar-refractivity contribution in [2.75, 3.05) is 7.05 Å². The molecule has 76 valence electrons. The summed E-state index contributed by atoms with van der Waals surface area (Å²) in [5, 5.41) is 20.8. The zero-order valence-corrected chi connectivity index (χ0v) is 8.11. The van der Waals surface area contributed by atoms with E-state index < -0.39 is 0 Å². The quantitative estimate of drug-likeness (QED) is 0.615. The fourth-order valence-corrected chi connectivity index (χ4v) is 1.18. The van der Waals surface area contributed by atoms with Crippen LogP contribution in [-0.2, 0) is 4.79 Å². The van der Waals surface area contributed by atoms with Crippen LogP contribution < -0.4 is 5.32 Å². The predicted octanol–water partition coefficient (Wildman–Crippen LogP) is 0.947. The molecule has 1 rings (SSSR count). The molecule has 0 saturated carbocycles. The maximum absolute atomic E-state index is 11.3. The van der Waals surface area contributed by atoms with Crippen molar-refractivity contribution in [1.29, 1.82) is 0 Å². The maximum atomic E-state index is 11.3. The average molecular weight is 195 g/mol. The van der Waals surface area contributed by atoms with Gasteiger partial charge in [0.25, 0.3) is 0 Å². The van der Waals surface area contributed by atoms with E-state index in [4.69, 9.17) is 5.11 Å². The average Bonchev–Trinajstić information content (AvgIpc) is 2.20. The van der Waals surface area contributed by atoms with Gasteiger partial charge < -0.3 is 15.5 Å². The molecule has 0 spiro atoms. The molecule has 0 radical (unpaired) electrons. The number of phenols is 2. The van der Waals surface area contributed by atoms with E-state index in [2.05, 4.69) is 5.32 Å². The van der Waals surface area contributed by atoms with Gasteiger partial charge in [0.2, 0.25) is 5.91 Å². The largest absolute Gasteiger partial charge is 0.504 e. The van der Waals surface area contributed by atoms with Gasteiger partial charge in [0.05, 0.1) is 5.92 Å². The zero-order valence-electron chi connectivity index (χ0n) is 8.11. The van der Waals surface area contributed by atoms with Crippen molar-refractivity contribution in [1.82, 2.24) is 5.32 Å². The number of carbonyl (C=O) groups is 1. The minimum absolute atomic E-state index is 0.130. The van der Waals surface area contributed by atoms with Crippen LogP contribution in [0.1, 0.15) is 18.4 Å². The van der Waals surface area contributed by atoms with Gasteiger partial charge in [-0.3, -0.25) is 4.79 Å². The van der Waals surface area contributed by atoms with Gasteiger partial charge in [-0.15, -0.1) is 0 Å². The minimum Gasteiger partial charge on any atom is -0.504 e. The van der Waals surface area contributed by atoms with E-state index in [0.29, 0.717) is 5.56 Å². The van der Waals surface area contributed by atoms with Gasteiger partial charge in [-0.25, -0.2) is 0 Å². The van der Waals surface area contributed by atoms with Crippen molar-refractivity contribution in [2.45, 2.75) is 12.8 Å². The van der Waals surface area contributed by atoms with E-state index in [1.165, 1.54) is 12.1 Å². The predicted molar refractivity (Wildman–Crippen MR) is 52.3 cm³/mol. The van der Waals surface area contributed by atoms with Gasteiger partial charge in [-0.1, -0.05) is 6.07 Å². The lowest BCUT2D eigenvalue weighted by Gasteiger charge is -2.10. The highest BCUT2D eigenvalue weighted by Gasteiger charge is 2.14. The number of amides is 1. The van der Waals surface area contributed by atoms with Crippen molar-refractivity contribution in [3.05, 3.63) is 23.8 Å². The topological polar surface area (TPSA) is 69.6 Å². The van der Waals surface area contributed by atoms with Gasteiger partial charge in [0.15, 0.2) is 11.5 Å². The van der Waals surface area contributed by atoms with Crippen LogP contribution in [0.4, 0.5) is 0 Å². The normalized spacial score (nSPS) is 12.1. The number of carbonyl (C=O) groups excluding carboxylic acids is 1. The smallest absolute Gasteiger partial charge is 0.227 e. The molecule has 0 heterocycles. The Morgan fingerprint density at radius 3 is 2.50 bits per heavy atom. The molecular formula is C10H13NO3. The molecule has 1 unspecified atom stereocenters. The van der Waals surface area contributed by atoms with Crippen LogP contribution in [0.15, 0.2) is 18.2 Å². The molecule has 1 aromatic carbocycles. The third-order valence-corrected chi connectivity index (χ3v) is 2.14. The number of rotatable bonds is 2. The van der Waals surface area contributed by atoms with Crippen LogP contribution in [-0.4, -0.2) is 23.2 Å². The summed E-state index contributed by atoms with van der Waals surface area (Å²) in [4.78, 5) is 11.3. The molecule has 3 N–H and O–H groups in total. The molecule has 0 fully saturated rings. The van der Waals surface area contributed by atoms with Crippen molar-refractivity contribution in [2.24, 2.45) is 0 Å². The van der Waals surface area contributed by atoms with Crippen LogP contribution in [0, 0.1) is 0 Å². The standard InChI is InChI=1S/C10H13NO3/c1-6(10(14)11-2)7-3-4-8(12)9(13)5-7/h3-6,12-13H,1-2H3,(H,11,14). The highest BCUT2D eigenvalue weighted by molar-refractivity contribution is 5.83. The monoisotopic (exact) mass is 195 g/mol. The Balaban J connectivity index is 2.96. The van der Waals surface area contributed by atoms with Gasteiger partial charge >= 0.3 is 0 Å².